The Morgan fingerprint density at radius 1 is 1.35 bits per heavy atom. The predicted octanol–water partition coefficient (Wildman–Crippen LogP) is 0.803. The first-order valence-electron chi connectivity index (χ1n) is 5.71. The number of aryl methyl sites for hydroxylation is 2. The van der Waals surface area contributed by atoms with Crippen LogP contribution in [0.1, 0.15) is 11.3 Å². The van der Waals surface area contributed by atoms with Crippen LogP contribution in [0.4, 0.5) is 10.3 Å². The van der Waals surface area contributed by atoms with Gasteiger partial charge in [0, 0.05) is 18.4 Å². The number of nitrogen functional groups attached to an aromatic ring is 1. The molecule has 3 heterocycles. The second-order valence-electron chi connectivity index (χ2n) is 4.15. The molecule has 0 saturated carbocycles. The molecule has 3 N–H and O–H groups in total. The van der Waals surface area contributed by atoms with E-state index >= 15 is 0 Å². The molecule has 0 radical (unpaired) electrons. The average molecular weight is 294 g/mol. The van der Waals surface area contributed by atoms with Crippen LogP contribution in [0.5, 0.6) is 0 Å². The van der Waals surface area contributed by atoms with Gasteiger partial charge in [-0.2, -0.15) is 24.8 Å². The molecule has 0 spiro atoms. The molecule has 3 aromatic heterocycles. The lowest BCUT2D eigenvalue weighted by Gasteiger charge is -2.01. The van der Waals surface area contributed by atoms with Gasteiger partial charge in [0.15, 0.2) is 5.52 Å². The fourth-order valence-electron chi connectivity index (χ4n) is 1.82. The molecule has 20 heavy (non-hydrogen) atoms. The van der Waals surface area contributed by atoms with Crippen LogP contribution in [0.15, 0.2) is 5.03 Å². The molecule has 0 aromatic carbocycles. The summed E-state index contributed by atoms with van der Waals surface area (Å²) < 4.78 is 15.1. The lowest BCUT2D eigenvalue weighted by molar-refractivity contribution is 0.498. The van der Waals surface area contributed by atoms with E-state index in [0.29, 0.717) is 33.2 Å². The van der Waals surface area contributed by atoms with E-state index < -0.39 is 0 Å². The number of nitrogens with one attached hydrogen (secondary N) is 1. The highest BCUT2D eigenvalue weighted by Gasteiger charge is 2.16. The van der Waals surface area contributed by atoms with Crippen molar-refractivity contribution >= 4 is 28.9 Å². The Kier molecular flexibility index (Phi) is 3.01. The molecule has 0 aliphatic heterocycles. The van der Waals surface area contributed by atoms with Gasteiger partial charge >= 0.3 is 0 Å². The van der Waals surface area contributed by atoms with Gasteiger partial charge in [-0.3, -0.25) is 0 Å². The zero-order valence-corrected chi connectivity index (χ0v) is 11.6. The summed E-state index contributed by atoms with van der Waals surface area (Å²) in [4.78, 5) is 8.06. The summed E-state index contributed by atoms with van der Waals surface area (Å²) in [6.45, 7) is 1.76. The molecule has 10 heteroatoms. The summed E-state index contributed by atoms with van der Waals surface area (Å²) in [5.41, 5.74) is 7.70. The minimum atomic E-state index is -0.353. The molecule has 0 bridgehead atoms. The van der Waals surface area contributed by atoms with Gasteiger partial charge < -0.3 is 5.73 Å². The Morgan fingerprint density at radius 3 is 2.85 bits per heavy atom. The molecule has 0 fully saturated rings. The molecule has 0 saturated heterocycles. The van der Waals surface area contributed by atoms with Gasteiger partial charge in [0.05, 0.1) is 5.69 Å². The number of aromatic amines is 1. The van der Waals surface area contributed by atoms with E-state index in [0.717, 1.165) is 0 Å². The number of H-pyrrole nitrogens is 1. The number of anilines is 1. The Labute approximate surface area is 117 Å². The third-order valence-electron chi connectivity index (χ3n) is 2.79. The Bertz CT molecular complexity index is 779. The van der Waals surface area contributed by atoms with Crippen LogP contribution in [0.3, 0.4) is 0 Å². The molecule has 104 valence electrons. The summed E-state index contributed by atoms with van der Waals surface area (Å²) in [5, 5.41) is 14.9. The van der Waals surface area contributed by atoms with E-state index in [-0.39, 0.29) is 11.9 Å². The number of thioether (sulfide) groups is 1. The smallest absolute Gasteiger partial charge is 0.223 e. The summed E-state index contributed by atoms with van der Waals surface area (Å²) >= 11 is 1.32. The quantitative estimate of drug-likeness (QED) is 0.543. The Morgan fingerprint density at radius 2 is 2.15 bits per heavy atom. The molecule has 3 aromatic rings. The third kappa shape index (κ3) is 2.07. The van der Waals surface area contributed by atoms with Crippen LogP contribution in [0, 0.1) is 12.9 Å². The lowest BCUT2D eigenvalue weighted by Crippen LogP contribution is -1.98. The van der Waals surface area contributed by atoms with Crippen LogP contribution < -0.4 is 5.73 Å². The maximum absolute atomic E-state index is 13.9. The van der Waals surface area contributed by atoms with Crippen molar-refractivity contribution in [2.75, 3.05) is 5.73 Å². The van der Waals surface area contributed by atoms with E-state index in [9.17, 15) is 4.39 Å². The molecule has 3 rings (SSSR count). The van der Waals surface area contributed by atoms with E-state index in [2.05, 4.69) is 30.5 Å². The molecule has 0 atom stereocenters. The predicted molar refractivity (Wildman–Crippen MR) is 71.4 cm³/mol. The van der Waals surface area contributed by atoms with E-state index in [1.54, 1.807) is 14.0 Å². The number of halogens is 1. The molecule has 0 amide bonds. The fraction of sp³-hybridized carbons (Fsp3) is 0.300. The van der Waals surface area contributed by atoms with Gasteiger partial charge in [0.2, 0.25) is 17.5 Å². The van der Waals surface area contributed by atoms with Gasteiger partial charge in [-0.25, -0.2) is 9.67 Å². The molecule has 0 aliphatic carbocycles. The van der Waals surface area contributed by atoms with E-state index in [1.807, 2.05) is 0 Å². The Hall–Kier alpha value is -2.23. The summed E-state index contributed by atoms with van der Waals surface area (Å²) in [6.07, 6.45) is 0. The highest BCUT2D eigenvalue weighted by molar-refractivity contribution is 7.98. The highest BCUT2D eigenvalue weighted by atomic mass is 32.2. The van der Waals surface area contributed by atoms with Crippen molar-refractivity contribution in [1.29, 1.82) is 0 Å². The standard InChI is InChI=1S/C10H11FN8S/c1-4-5(7(11)19(2)17-4)3-20-9-6-8(16-18-15-6)13-10(12)14-9/h3H2,1-2H3,(H3,12,13,14,15,16,18). The first-order valence-corrected chi connectivity index (χ1v) is 6.69. The van der Waals surface area contributed by atoms with Crippen molar-refractivity contribution in [2.45, 2.75) is 17.7 Å². The number of nitrogens with two attached hydrogens (primary N) is 1. The summed E-state index contributed by atoms with van der Waals surface area (Å²) in [5.74, 6) is 0.134. The van der Waals surface area contributed by atoms with Gasteiger partial charge in [0.1, 0.15) is 5.03 Å². The molecular formula is C10H11FN8S. The van der Waals surface area contributed by atoms with Crippen LogP contribution in [-0.2, 0) is 12.8 Å². The SMILES string of the molecule is Cc1nn(C)c(F)c1CSc1nc(N)nc2n[nH]nc12. The van der Waals surface area contributed by atoms with Gasteiger partial charge in [-0.15, -0.1) is 5.10 Å². The number of rotatable bonds is 3. The normalized spacial score (nSPS) is 11.3. The number of aromatic nitrogens is 7. The lowest BCUT2D eigenvalue weighted by atomic mass is 10.3. The van der Waals surface area contributed by atoms with E-state index in [1.165, 1.54) is 16.4 Å². The van der Waals surface area contributed by atoms with Gasteiger partial charge in [-0.05, 0) is 6.92 Å². The van der Waals surface area contributed by atoms with Crippen LogP contribution >= 0.6 is 11.8 Å². The van der Waals surface area contributed by atoms with Crippen molar-refractivity contribution in [3.05, 3.63) is 17.2 Å². The van der Waals surface area contributed by atoms with Crippen LogP contribution in [0.2, 0.25) is 0 Å². The van der Waals surface area contributed by atoms with Crippen LogP contribution in [-0.4, -0.2) is 35.2 Å². The van der Waals surface area contributed by atoms with Crippen molar-refractivity contribution in [3.8, 4) is 0 Å². The molecule has 8 nitrogen and oxygen atoms in total. The maximum Gasteiger partial charge on any atom is 0.223 e. The summed E-state index contributed by atoms with van der Waals surface area (Å²) in [7, 11) is 1.56. The summed E-state index contributed by atoms with van der Waals surface area (Å²) in [6, 6.07) is 0. The second kappa shape index (κ2) is 4.71. The Balaban J connectivity index is 1.92. The molecule has 0 unspecified atom stereocenters. The number of nitrogens with zero attached hydrogens (tertiary/aromatic N) is 6. The van der Waals surface area contributed by atoms with Gasteiger partial charge in [-0.1, -0.05) is 11.8 Å². The van der Waals surface area contributed by atoms with Gasteiger partial charge in [0.25, 0.3) is 0 Å². The zero-order valence-electron chi connectivity index (χ0n) is 10.8. The molecular weight excluding hydrogens is 283 g/mol. The first kappa shape index (κ1) is 12.8. The van der Waals surface area contributed by atoms with Crippen molar-refractivity contribution in [1.82, 2.24) is 35.2 Å². The number of fused-ring (bicyclic) bond motifs is 1. The number of hydrogen-bond donors (Lipinski definition) is 2. The zero-order chi connectivity index (χ0) is 14.3. The first-order chi connectivity index (χ1) is 9.56. The largest absolute Gasteiger partial charge is 0.368 e. The van der Waals surface area contributed by atoms with Crippen molar-refractivity contribution in [2.24, 2.45) is 7.05 Å². The maximum atomic E-state index is 13.9. The minimum absolute atomic E-state index is 0.109. The fourth-order valence-corrected chi connectivity index (χ4v) is 2.86. The van der Waals surface area contributed by atoms with Crippen LogP contribution in [0.25, 0.3) is 11.2 Å². The minimum Gasteiger partial charge on any atom is -0.368 e. The highest BCUT2D eigenvalue weighted by Crippen LogP contribution is 2.28. The monoisotopic (exact) mass is 294 g/mol. The average Bonchev–Trinajstić information content (AvgIpc) is 2.94. The molecule has 0 aliphatic rings. The van der Waals surface area contributed by atoms with Crippen molar-refractivity contribution in [3.63, 3.8) is 0 Å². The third-order valence-corrected chi connectivity index (χ3v) is 3.78. The van der Waals surface area contributed by atoms with E-state index in [4.69, 9.17) is 5.73 Å². The second-order valence-corrected chi connectivity index (χ2v) is 5.11. The van der Waals surface area contributed by atoms with Crippen molar-refractivity contribution < 1.29 is 4.39 Å². The topological polar surface area (TPSA) is 111 Å². The number of hydrogen-bond acceptors (Lipinski definition) is 7.